The minimum absolute atomic E-state index is 0.160. The van der Waals surface area contributed by atoms with Gasteiger partial charge >= 0.3 is 24.1 Å². The fourth-order valence-corrected chi connectivity index (χ4v) is 3.75. The van der Waals surface area contributed by atoms with E-state index in [2.05, 4.69) is 26.6 Å². The molecule has 0 bridgehead atoms. The molecule has 0 aliphatic rings. The van der Waals surface area contributed by atoms with E-state index in [1.165, 1.54) is 6.92 Å². The van der Waals surface area contributed by atoms with Crippen molar-refractivity contribution in [2.75, 3.05) is 13.1 Å². The van der Waals surface area contributed by atoms with E-state index in [4.69, 9.17) is 14.2 Å². The van der Waals surface area contributed by atoms with E-state index in [0.717, 1.165) is 6.42 Å². The fraction of sp³-hybridized carbons (Fsp3) is 0.767. The maximum atomic E-state index is 13.3. The number of carboxylic acids is 1. The largest absolute Gasteiger partial charge is 0.480 e. The molecule has 17 nitrogen and oxygen atoms in total. The molecule has 0 aliphatic carbocycles. The molecule has 0 aliphatic heterocycles. The maximum Gasteiger partial charge on any atom is 0.407 e. The zero-order valence-corrected chi connectivity index (χ0v) is 28.8. The Labute approximate surface area is 275 Å². The number of carbonyl (C=O) groups excluding carboxylic acids is 6. The van der Waals surface area contributed by atoms with Crippen molar-refractivity contribution in [2.24, 2.45) is 0 Å². The molecule has 0 spiro atoms. The van der Waals surface area contributed by atoms with E-state index >= 15 is 0 Å². The molecule has 2 unspecified atom stereocenters. The average Bonchev–Trinajstić information content (AvgIpc) is 2.89. The van der Waals surface area contributed by atoms with E-state index in [-0.39, 0.29) is 31.9 Å². The lowest BCUT2D eigenvalue weighted by molar-refractivity contribution is -0.149. The molecule has 0 aromatic rings. The molecule has 0 saturated heterocycles. The van der Waals surface area contributed by atoms with Crippen LogP contribution in [0.1, 0.15) is 94.4 Å². The highest BCUT2D eigenvalue weighted by molar-refractivity contribution is 5.94. The molecule has 0 aromatic carbocycles. The van der Waals surface area contributed by atoms with E-state index in [9.17, 15) is 43.8 Å². The summed E-state index contributed by atoms with van der Waals surface area (Å²) in [6, 6.07) is -4.73. The van der Waals surface area contributed by atoms with Crippen LogP contribution in [-0.4, -0.2) is 107 Å². The second kappa shape index (κ2) is 20.2. The molecule has 5 atom stereocenters. The molecule has 0 saturated carbocycles. The van der Waals surface area contributed by atoms with Gasteiger partial charge in [-0.25, -0.2) is 14.4 Å². The number of alkyl carbamates (subject to hydrolysis) is 2. The van der Waals surface area contributed by atoms with Crippen molar-refractivity contribution >= 4 is 41.8 Å². The Bertz CT molecular complexity index is 1080. The van der Waals surface area contributed by atoms with Crippen LogP contribution in [0.15, 0.2) is 0 Å². The Morgan fingerprint density at radius 2 is 1.28 bits per heavy atom. The second-order valence-corrected chi connectivity index (χ2v) is 12.9. The third-order valence-corrected chi connectivity index (χ3v) is 5.86. The number of esters is 1. The molecule has 17 heteroatoms. The van der Waals surface area contributed by atoms with Gasteiger partial charge in [0.2, 0.25) is 17.7 Å². The Hall–Kier alpha value is -4.15. The van der Waals surface area contributed by atoms with Gasteiger partial charge in [0.25, 0.3) is 0 Å². The van der Waals surface area contributed by atoms with Crippen LogP contribution in [0.5, 0.6) is 0 Å². The zero-order valence-electron chi connectivity index (χ0n) is 28.8. The molecular formula is C30H53N5O12. The minimum Gasteiger partial charge on any atom is -0.480 e. The predicted octanol–water partition coefficient (Wildman–Crippen LogP) is 0.858. The number of carboxylic acid groups (broad SMARTS) is 1. The highest BCUT2D eigenvalue weighted by Crippen LogP contribution is 2.08. The summed E-state index contributed by atoms with van der Waals surface area (Å²) in [5.74, 6) is -4.89. The zero-order chi connectivity index (χ0) is 36.5. The smallest absolute Gasteiger partial charge is 0.407 e. The maximum absolute atomic E-state index is 13.3. The average molecular weight is 676 g/mol. The highest BCUT2D eigenvalue weighted by atomic mass is 16.6. The van der Waals surface area contributed by atoms with Crippen LogP contribution >= 0.6 is 0 Å². The Kier molecular flexibility index (Phi) is 18.4. The van der Waals surface area contributed by atoms with Crippen molar-refractivity contribution in [2.45, 2.75) is 136 Å². The molecule has 0 fully saturated rings. The van der Waals surface area contributed by atoms with Gasteiger partial charge in [0, 0.05) is 13.0 Å². The Balaban J connectivity index is 5.65. The molecular weight excluding hydrogens is 622 g/mol. The van der Waals surface area contributed by atoms with Crippen molar-refractivity contribution in [3.05, 3.63) is 0 Å². The topological polar surface area (TPSA) is 248 Å². The molecule has 0 radical (unpaired) electrons. The fourth-order valence-electron chi connectivity index (χ4n) is 3.75. The van der Waals surface area contributed by atoms with Crippen molar-refractivity contribution < 1.29 is 58.0 Å². The number of ether oxygens (including phenoxy) is 3. The summed E-state index contributed by atoms with van der Waals surface area (Å²) in [6.45, 7) is 13.9. The summed E-state index contributed by atoms with van der Waals surface area (Å²) < 4.78 is 15.4. The first-order chi connectivity index (χ1) is 21.5. The number of carbonyl (C=O) groups is 7. The standard InChI is InChI=1S/C30H53N5O12/c1-10-11-17(2)45-22(38)13-12-21(37)33-19(14-15-31-27(43)46-29(4,5)6)24(39)35-23(18(3)36)25(40)34-20(26(41)42)16-32-28(44)47-30(7,8)9/h17-20,23,36H,10-16H2,1-9H3,(H,31,43)(H,32,44)(H,33,37)(H,34,40)(H,35,39)(H,41,42)/t17?,18?,19-,20-,23-/m0/s1. The summed E-state index contributed by atoms with van der Waals surface area (Å²) in [7, 11) is 0. The van der Waals surface area contributed by atoms with E-state index in [1.54, 1.807) is 48.5 Å². The summed E-state index contributed by atoms with van der Waals surface area (Å²) in [5.41, 5.74) is -1.66. The molecule has 47 heavy (non-hydrogen) atoms. The van der Waals surface area contributed by atoms with Crippen LogP contribution in [0.4, 0.5) is 9.59 Å². The van der Waals surface area contributed by atoms with Gasteiger partial charge in [-0.2, -0.15) is 0 Å². The number of nitrogens with one attached hydrogen (secondary N) is 5. The summed E-state index contributed by atoms with van der Waals surface area (Å²) in [5, 5.41) is 31.4. The first-order valence-corrected chi connectivity index (χ1v) is 15.5. The first kappa shape index (κ1) is 42.9. The van der Waals surface area contributed by atoms with Gasteiger partial charge in [-0.15, -0.1) is 0 Å². The third kappa shape index (κ3) is 20.6. The number of aliphatic carboxylic acids is 1. The van der Waals surface area contributed by atoms with Crippen molar-refractivity contribution in [1.82, 2.24) is 26.6 Å². The van der Waals surface area contributed by atoms with Crippen LogP contribution in [0.25, 0.3) is 0 Å². The van der Waals surface area contributed by atoms with Crippen LogP contribution in [-0.2, 0) is 38.2 Å². The highest BCUT2D eigenvalue weighted by Gasteiger charge is 2.33. The van der Waals surface area contributed by atoms with Crippen molar-refractivity contribution in [3.8, 4) is 0 Å². The number of amides is 5. The number of hydrogen-bond donors (Lipinski definition) is 7. The SMILES string of the molecule is CCCC(C)OC(=O)CCC(=O)N[C@@H](CCNC(=O)OC(C)(C)C)C(=O)N[C@H](C(=O)N[C@@H](CNC(=O)OC(C)(C)C)C(=O)O)C(C)O. The van der Waals surface area contributed by atoms with E-state index in [1.807, 2.05) is 6.92 Å². The lowest BCUT2D eigenvalue weighted by atomic mass is 10.1. The number of aliphatic hydroxyl groups excluding tert-OH is 1. The van der Waals surface area contributed by atoms with Gasteiger partial charge in [0.1, 0.15) is 29.3 Å². The number of rotatable bonds is 18. The molecule has 7 N–H and O–H groups in total. The van der Waals surface area contributed by atoms with Crippen LogP contribution in [0.3, 0.4) is 0 Å². The molecule has 0 heterocycles. The lowest BCUT2D eigenvalue weighted by Gasteiger charge is -2.26. The quantitative estimate of drug-likeness (QED) is 0.0790. The van der Waals surface area contributed by atoms with Crippen LogP contribution in [0, 0.1) is 0 Å². The van der Waals surface area contributed by atoms with Crippen molar-refractivity contribution in [1.29, 1.82) is 0 Å². The molecule has 270 valence electrons. The summed E-state index contributed by atoms with van der Waals surface area (Å²) in [4.78, 5) is 86.9. The third-order valence-electron chi connectivity index (χ3n) is 5.86. The van der Waals surface area contributed by atoms with Crippen molar-refractivity contribution in [3.63, 3.8) is 0 Å². The van der Waals surface area contributed by atoms with Gasteiger partial charge in [-0.05, 0) is 68.2 Å². The predicted molar refractivity (Wildman–Crippen MR) is 168 cm³/mol. The van der Waals surface area contributed by atoms with Gasteiger partial charge in [-0.1, -0.05) is 13.3 Å². The van der Waals surface area contributed by atoms with Gasteiger partial charge in [0.05, 0.1) is 25.2 Å². The van der Waals surface area contributed by atoms with Crippen LogP contribution in [0.2, 0.25) is 0 Å². The van der Waals surface area contributed by atoms with E-state index in [0.29, 0.717) is 6.42 Å². The van der Waals surface area contributed by atoms with Gasteiger partial charge < -0.3 is 51.0 Å². The number of hydrogen-bond acceptors (Lipinski definition) is 11. The molecule has 0 aromatic heterocycles. The first-order valence-electron chi connectivity index (χ1n) is 15.5. The monoisotopic (exact) mass is 675 g/mol. The number of aliphatic hydroxyl groups is 1. The van der Waals surface area contributed by atoms with Crippen LogP contribution < -0.4 is 26.6 Å². The Morgan fingerprint density at radius 1 is 0.723 bits per heavy atom. The lowest BCUT2D eigenvalue weighted by Crippen LogP contribution is -2.60. The second-order valence-electron chi connectivity index (χ2n) is 12.9. The van der Waals surface area contributed by atoms with E-state index < -0.39 is 83.8 Å². The summed E-state index contributed by atoms with van der Waals surface area (Å²) >= 11 is 0. The molecule has 5 amide bonds. The summed E-state index contributed by atoms with van der Waals surface area (Å²) in [6.07, 6.45) is -2.92. The Morgan fingerprint density at radius 3 is 1.77 bits per heavy atom. The van der Waals surface area contributed by atoms with Gasteiger partial charge in [0.15, 0.2) is 0 Å². The minimum atomic E-state index is -1.70. The molecule has 0 rings (SSSR count). The van der Waals surface area contributed by atoms with Gasteiger partial charge in [-0.3, -0.25) is 19.2 Å². The normalized spacial score (nSPS) is 14.6.